The molecule has 0 aromatic rings. The molecule has 0 amide bonds. The molecule has 0 saturated heterocycles. The van der Waals surface area contributed by atoms with Crippen molar-refractivity contribution >= 4 is 9.84 Å². The largest absolute Gasteiger partial charge is 0.312 e. The van der Waals surface area contributed by atoms with Crippen molar-refractivity contribution in [1.29, 1.82) is 0 Å². The van der Waals surface area contributed by atoms with E-state index in [2.05, 4.69) is 12.2 Å². The third kappa shape index (κ3) is 2.07. The molecule has 2 aliphatic rings. The number of nitrogens with one attached hydrogen (secondary N) is 1. The first-order valence-corrected chi connectivity index (χ1v) is 7.78. The first-order valence-electron chi connectivity index (χ1n) is 5.89. The lowest BCUT2D eigenvalue weighted by Crippen LogP contribution is -2.49. The number of hydrogen-bond acceptors (Lipinski definition) is 3. The molecule has 2 aliphatic carbocycles. The second-order valence-electron chi connectivity index (χ2n) is 5.29. The summed E-state index contributed by atoms with van der Waals surface area (Å²) in [6.45, 7) is 2.75. The minimum Gasteiger partial charge on any atom is -0.312 e. The first-order chi connectivity index (χ1) is 6.96. The summed E-state index contributed by atoms with van der Waals surface area (Å²) < 4.78 is 23.4. The van der Waals surface area contributed by atoms with Crippen LogP contribution in [0.2, 0.25) is 0 Å². The Morgan fingerprint density at radius 2 is 2.00 bits per heavy atom. The van der Waals surface area contributed by atoms with Gasteiger partial charge in [-0.1, -0.05) is 13.3 Å². The van der Waals surface area contributed by atoms with Crippen molar-refractivity contribution in [1.82, 2.24) is 5.32 Å². The highest BCUT2D eigenvalue weighted by atomic mass is 32.2. The van der Waals surface area contributed by atoms with Crippen LogP contribution in [0.15, 0.2) is 0 Å². The molecule has 0 aliphatic heterocycles. The van der Waals surface area contributed by atoms with Gasteiger partial charge in [-0.25, -0.2) is 8.42 Å². The summed E-state index contributed by atoms with van der Waals surface area (Å²) in [6, 6.07) is 0.594. The van der Waals surface area contributed by atoms with E-state index in [1.807, 2.05) is 0 Å². The molecule has 88 valence electrons. The predicted octanol–water partition coefficient (Wildman–Crippen LogP) is 1.34. The molecule has 0 bridgehead atoms. The van der Waals surface area contributed by atoms with Crippen molar-refractivity contribution in [3.63, 3.8) is 0 Å². The topological polar surface area (TPSA) is 46.2 Å². The average molecular weight is 231 g/mol. The van der Waals surface area contributed by atoms with E-state index in [0.717, 1.165) is 19.3 Å². The lowest BCUT2D eigenvalue weighted by molar-refractivity contribution is 0.404. The van der Waals surface area contributed by atoms with Crippen LogP contribution in [0.4, 0.5) is 0 Å². The second kappa shape index (κ2) is 3.74. The molecule has 15 heavy (non-hydrogen) atoms. The highest BCUT2D eigenvalue weighted by Gasteiger charge is 2.48. The summed E-state index contributed by atoms with van der Waals surface area (Å²) in [5.41, 5.74) is 0. The van der Waals surface area contributed by atoms with Crippen LogP contribution in [0.1, 0.15) is 39.0 Å². The van der Waals surface area contributed by atoms with Gasteiger partial charge in [0.25, 0.3) is 0 Å². The fourth-order valence-electron chi connectivity index (χ4n) is 2.77. The van der Waals surface area contributed by atoms with Gasteiger partial charge >= 0.3 is 0 Å². The van der Waals surface area contributed by atoms with E-state index in [-0.39, 0.29) is 0 Å². The minimum absolute atomic E-state index is 0.304. The van der Waals surface area contributed by atoms with E-state index in [9.17, 15) is 8.42 Å². The number of sulfone groups is 1. The highest BCUT2D eigenvalue weighted by molar-refractivity contribution is 7.92. The molecule has 0 aromatic carbocycles. The molecule has 2 atom stereocenters. The Morgan fingerprint density at radius 1 is 1.33 bits per heavy atom. The number of rotatable bonds is 4. The van der Waals surface area contributed by atoms with E-state index in [0.29, 0.717) is 18.5 Å². The van der Waals surface area contributed by atoms with Crippen LogP contribution < -0.4 is 5.32 Å². The van der Waals surface area contributed by atoms with Crippen molar-refractivity contribution in [3.05, 3.63) is 0 Å². The Balaban J connectivity index is 2.14. The Hall–Kier alpha value is -0.0900. The molecule has 2 fully saturated rings. The van der Waals surface area contributed by atoms with Crippen LogP contribution in [0.3, 0.4) is 0 Å². The SMILES string of the molecule is CC1CCCC1(CNC1CC1)S(C)(=O)=O. The highest BCUT2D eigenvalue weighted by Crippen LogP contribution is 2.41. The molecule has 2 saturated carbocycles. The molecular formula is C11H21NO2S. The van der Waals surface area contributed by atoms with Gasteiger partial charge in [-0.3, -0.25) is 0 Å². The normalized spacial score (nSPS) is 37.1. The molecule has 3 nitrogen and oxygen atoms in total. The Labute approximate surface area is 92.6 Å². The van der Waals surface area contributed by atoms with Crippen molar-refractivity contribution in [2.24, 2.45) is 5.92 Å². The van der Waals surface area contributed by atoms with Crippen LogP contribution >= 0.6 is 0 Å². The van der Waals surface area contributed by atoms with E-state index in [4.69, 9.17) is 0 Å². The maximum atomic E-state index is 12.0. The van der Waals surface area contributed by atoms with E-state index < -0.39 is 14.6 Å². The smallest absolute Gasteiger partial charge is 0.154 e. The molecule has 2 rings (SSSR count). The monoisotopic (exact) mass is 231 g/mol. The van der Waals surface area contributed by atoms with Gasteiger partial charge < -0.3 is 5.32 Å². The van der Waals surface area contributed by atoms with Gasteiger partial charge in [-0.15, -0.1) is 0 Å². The van der Waals surface area contributed by atoms with Crippen molar-refractivity contribution in [2.45, 2.75) is 49.8 Å². The molecule has 0 radical (unpaired) electrons. The van der Waals surface area contributed by atoms with Crippen LogP contribution in [-0.4, -0.2) is 32.0 Å². The number of hydrogen-bond donors (Lipinski definition) is 1. The maximum Gasteiger partial charge on any atom is 0.154 e. The zero-order valence-electron chi connectivity index (χ0n) is 9.62. The van der Waals surface area contributed by atoms with Crippen molar-refractivity contribution in [2.75, 3.05) is 12.8 Å². The zero-order valence-corrected chi connectivity index (χ0v) is 10.4. The first kappa shape index (κ1) is 11.4. The molecular weight excluding hydrogens is 210 g/mol. The summed E-state index contributed by atoms with van der Waals surface area (Å²) in [4.78, 5) is 0. The molecule has 4 heteroatoms. The van der Waals surface area contributed by atoms with E-state index in [1.165, 1.54) is 19.1 Å². The molecule has 1 N–H and O–H groups in total. The fourth-order valence-corrected chi connectivity index (χ4v) is 4.48. The van der Waals surface area contributed by atoms with Crippen LogP contribution in [0, 0.1) is 5.92 Å². The Morgan fingerprint density at radius 3 is 2.40 bits per heavy atom. The third-order valence-electron chi connectivity index (χ3n) is 4.14. The predicted molar refractivity (Wildman–Crippen MR) is 61.6 cm³/mol. The van der Waals surface area contributed by atoms with Gasteiger partial charge in [0.1, 0.15) is 0 Å². The quantitative estimate of drug-likeness (QED) is 0.794. The van der Waals surface area contributed by atoms with E-state index in [1.54, 1.807) is 0 Å². The van der Waals surface area contributed by atoms with Crippen molar-refractivity contribution in [3.8, 4) is 0 Å². The minimum atomic E-state index is -2.94. The standard InChI is InChI=1S/C11H21NO2S/c1-9-4-3-7-11(9,15(2,13)14)8-12-10-5-6-10/h9-10,12H,3-8H2,1-2H3. The molecule has 0 aromatic heterocycles. The fraction of sp³-hybridized carbons (Fsp3) is 1.00. The van der Waals surface area contributed by atoms with Crippen LogP contribution in [-0.2, 0) is 9.84 Å². The van der Waals surface area contributed by atoms with Gasteiger partial charge in [-0.2, -0.15) is 0 Å². The summed E-state index contributed by atoms with van der Waals surface area (Å²) in [7, 11) is -2.94. The zero-order chi connectivity index (χ0) is 11.1. The van der Waals surface area contributed by atoms with Crippen molar-refractivity contribution < 1.29 is 8.42 Å². The maximum absolute atomic E-state index is 12.0. The van der Waals surface area contributed by atoms with Gasteiger partial charge in [0.2, 0.25) is 0 Å². The summed E-state index contributed by atoms with van der Waals surface area (Å²) in [5, 5.41) is 3.40. The average Bonchev–Trinajstić information content (AvgIpc) is 2.86. The lowest BCUT2D eigenvalue weighted by Gasteiger charge is -2.32. The Bertz CT molecular complexity index is 334. The summed E-state index contributed by atoms with van der Waals surface area (Å²) in [5.74, 6) is 0.304. The van der Waals surface area contributed by atoms with Gasteiger partial charge in [0.15, 0.2) is 9.84 Å². The third-order valence-corrected chi connectivity index (χ3v) is 6.37. The molecule has 0 spiro atoms. The second-order valence-corrected chi connectivity index (χ2v) is 7.64. The van der Waals surface area contributed by atoms with Crippen LogP contribution in [0.5, 0.6) is 0 Å². The van der Waals surface area contributed by atoms with Gasteiger partial charge in [0, 0.05) is 18.8 Å². The summed E-state index contributed by atoms with van der Waals surface area (Å²) in [6.07, 6.45) is 6.79. The van der Waals surface area contributed by atoms with E-state index >= 15 is 0 Å². The van der Waals surface area contributed by atoms with Gasteiger partial charge in [-0.05, 0) is 31.6 Å². The van der Waals surface area contributed by atoms with Crippen LogP contribution in [0.25, 0.3) is 0 Å². The molecule has 0 heterocycles. The lowest BCUT2D eigenvalue weighted by atomic mass is 9.97. The molecule has 2 unspecified atom stereocenters. The van der Waals surface area contributed by atoms with Gasteiger partial charge in [0.05, 0.1) is 4.75 Å². The Kier molecular flexibility index (Phi) is 2.84. The summed E-state index contributed by atoms with van der Waals surface area (Å²) >= 11 is 0.